The lowest BCUT2D eigenvalue weighted by Gasteiger charge is -2.17. The molecule has 0 atom stereocenters. The highest BCUT2D eigenvalue weighted by atomic mass is 16.6. The van der Waals surface area contributed by atoms with Crippen LogP contribution in [0.5, 0.6) is 0 Å². The molecule has 3 amide bonds. The van der Waals surface area contributed by atoms with Crippen molar-refractivity contribution < 1.29 is 23.9 Å². The molecule has 2 rings (SSSR count). The lowest BCUT2D eigenvalue weighted by Crippen LogP contribution is -2.47. The Balaban J connectivity index is 1.66. The molecule has 0 aliphatic heterocycles. The van der Waals surface area contributed by atoms with Crippen molar-refractivity contribution in [3.8, 4) is 0 Å². The monoisotopic (exact) mass is 385 g/mol. The standard InChI is InChI=1S/C20H23N3O5/c24-15-23-18(11-21-19(25)27-13-16-7-3-1-4-8-16)12-22-20(26)28-14-17-9-5-2-6-10-17/h1-10,15,18H,11-14H2,(H,21,25)(H,22,26)(H,23,24). The average molecular weight is 385 g/mol. The van der Waals surface area contributed by atoms with Gasteiger partial charge in [0.1, 0.15) is 13.2 Å². The fourth-order valence-electron chi connectivity index (χ4n) is 2.25. The third-order valence-electron chi connectivity index (χ3n) is 3.71. The van der Waals surface area contributed by atoms with Crippen LogP contribution in [0.3, 0.4) is 0 Å². The van der Waals surface area contributed by atoms with Crippen molar-refractivity contribution >= 4 is 18.6 Å². The number of ether oxygens (including phenoxy) is 2. The Morgan fingerprint density at radius 3 is 1.61 bits per heavy atom. The van der Waals surface area contributed by atoms with E-state index in [4.69, 9.17) is 9.47 Å². The number of rotatable bonds is 10. The fourth-order valence-corrected chi connectivity index (χ4v) is 2.25. The van der Waals surface area contributed by atoms with E-state index in [0.717, 1.165) is 11.1 Å². The van der Waals surface area contributed by atoms with Crippen molar-refractivity contribution in [1.82, 2.24) is 16.0 Å². The lowest BCUT2D eigenvalue weighted by atomic mass is 10.2. The molecule has 8 heteroatoms. The first kappa shape index (κ1) is 20.8. The Morgan fingerprint density at radius 1 is 0.786 bits per heavy atom. The van der Waals surface area contributed by atoms with E-state index in [1.54, 1.807) is 0 Å². The van der Waals surface area contributed by atoms with Gasteiger partial charge >= 0.3 is 12.2 Å². The second-order valence-corrected chi connectivity index (χ2v) is 5.87. The summed E-state index contributed by atoms with van der Waals surface area (Å²) in [6.45, 7) is 0.460. The summed E-state index contributed by atoms with van der Waals surface area (Å²) < 4.78 is 10.2. The minimum Gasteiger partial charge on any atom is -0.445 e. The van der Waals surface area contributed by atoms with Gasteiger partial charge in [-0.25, -0.2) is 9.59 Å². The van der Waals surface area contributed by atoms with Crippen molar-refractivity contribution in [3.05, 3.63) is 71.8 Å². The summed E-state index contributed by atoms with van der Waals surface area (Å²) in [5.74, 6) is 0. The fraction of sp³-hybridized carbons (Fsp3) is 0.250. The van der Waals surface area contributed by atoms with E-state index in [1.165, 1.54) is 0 Å². The van der Waals surface area contributed by atoms with Crippen molar-refractivity contribution in [2.24, 2.45) is 0 Å². The molecule has 8 nitrogen and oxygen atoms in total. The molecular formula is C20H23N3O5. The molecule has 0 radical (unpaired) electrons. The van der Waals surface area contributed by atoms with Gasteiger partial charge in [0.15, 0.2) is 0 Å². The number of nitrogens with one attached hydrogen (secondary N) is 3. The van der Waals surface area contributed by atoms with Crippen LogP contribution in [-0.2, 0) is 27.5 Å². The molecule has 0 fully saturated rings. The highest BCUT2D eigenvalue weighted by Gasteiger charge is 2.12. The maximum Gasteiger partial charge on any atom is 0.407 e. The molecule has 0 heterocycles. The zero-order valence-electron chi connectivity index (χ0n) is 15.3. The first-order chi connectivity index (χ1) is 13.7. The van der Waals surface area contributed by atoms with Crippen LogP contribution in [-0.4, -0.2) is 37.7 Å². The van der Waals surface area contributed by atoms with Gasteiger partial charge in [0, 0.05) is 13.1 Å². The van der Waals surface area contributed by atoms with Crippen LogP contribution < -0.4 is 16.0 Å². The minimum atomic E-state index is -0.617. The molecular weight excluding hydrogens is 362 g/mol. The Kier molecular flexibility index (Phi) is 8.86. The molecule has 0 saturated heterocycles. The lowest BCUT2D eigenvalue weighted by molar-refractivity contribution is -0.110. The number of hydrogen-bond acceptors (Lipinski definition) is 5. The molecule has 0 aliphatic carbocycles. The summed E-state index contributed by atoms with van der Waals surface area (Å²) in [4.78, 5) is 34.2. The van der Waals surface area contributed by atoms with Crippen molar-refractivity contribution in [2.45, 2.75) is 19.3 Å². The van der Waals surface area contributed by atoms with Crippen LogP contribution in [0.15, 0.2) is 60.7 Å². The Bertz CT molecular complexity index is 681. The molecule has 148 valence electrons. The summed E-state index contributed by atoms with van der Waals surface area (Å²) in [5.41, 5.74) is 1.73. The average Bonchev–Trinajstić information content (AvgIpc) is 2.74. The predicted octanol–water partition coefficient (Wildman–Crippen LogP) is 1.95. The van der Waals surface area contributed by atoms with Crippen molar-refractivity contribution in [2.75, 3.05) is 13.1 Å². The summed E-state index contributed by atoms with van der Waals surface area (Å²) >= 11 is 0. The summed E-state index contributed by atoms with van der Waals surface area (Å²) in [6, 6.07) is 18.0. The molecule has 2 aromatic rings. The topological polar surface area (TPSA) is 106 Å². The third kappa shape index (κ3) is 8.22. The maximum atomic E-state index is 11.8. The van der Waals surface area contributed by atoms with Gasteiger partial charge in [-0.3, -0.25) is 4.79 Å². The van der Waals surface area contributed by atoms with E-state index < -0.39 is 18.2 Å². The van der Waals surface area contributed by atoms with Gasteiger partial charge in [0.2, 0.25) is 6.41 Å². The molecule has 0 aromatic heterocycles. The van der Waals surface area contributed by atoms with Crippen LogP contribution in [0, 0.1) is 0 Å². The summed E-state index contributed by atoms with van der Waals surface area (Å²) in [5, 5.41) is 7.61. The first-order valence-corrected chi connectivity index (χ1v) is 8.76. The van der Waals surface area contributed by atoms with Crippen molar-refractivity contribution in [3.63, 3.8) is 0 Å². The molecule has 0 aliphatic rings. The maximum absolute atomic E-state index is 11.8. The van der Waals surface area contributed by atoms with Gasteiger partial charge in [0.25, 0.3) is 0 Å². The normalized spacial score (nSPS) is 10.0. The highest BCUT2D eigenvalue weighted by Crippen LogP contribution is 2.01. The number of hydrogen-bond donors (Lipinski definition) is 3. The van der Waals surface area contributed by atoms with E-state index in [9.17, 15) is 14.4 Å². The Hall–Kier alpha value is -3.55. The second-order valence-electron chi connectivity index (χ2n) is 5.87. The van der Waals surface area contributed by atoms with Crippen molar-refractivity contribution in [1.29, 1.82) is 0 Å². The molecule has 3 N–H and O–H groups in total. The molecule has 0 unspecified atom stereocenters. The van der Waals surface area contributed by atoms with Gasteiger partial charge in [0.05, 0.1) is 6.04 Å². The van der Waals surface area contributed by atoms with E-state index in [-0.39, 0.29) is 26.3 Å². The van der Waals surface area contributed by atoms with Gasteiger partial charge in [-0.1, -0.05) is 60.7 Å². The van der Waals surface area contributed by atoms with Crippen LogP contribution in [0.2, 0.25) is 0 Å². The number of alkyl carbamates (subject to hydrolysis) is 2. The zero-order chi connectivity index (χ0) is 20.0. The quantitative estimate of drug-likeness (QED) is 0.542. The van der Waals surface area contributed by atoms with E-state index in [0.29, 0.717) is 6.41 Å². The van der Waals surface area contributed by atoms with Crippen LogP contribution >= 0.6 is 0 Å². The van der Waals surface area contributed by atoms with E-state index in [1.807, 2.05) is 60.7 Å². The van der Waals surface area contributed by atoms with Crippen LogP contribution in [0.1, 0.15) is 11.1 Å². The van der Waals surface area contributed by atoms with Gasteiger partial charge in [-0.2, -0.15) is 0 Å². The van der Waals surface area contributed by atoms with Crippen LogP contribution in [0.25, 0.3) is 0 Å². The van der Waals surface area contributed by atoms with E-state index in [2.05, 4.69) is 16.0 Å². The largest absolute Gasteiger partial charge is 0.445 e. The molecule has 0 spiro atoms. The third-order valence-corrected chi connectivity index (χ3v) is 3.71. The Morgan fingerprint density at radius 2 is 1.21 bits per heavy atom. The number of carbonyl (C=O) groups is 3. The summed E-state index contributed by atoms with van der Waals surface area (Å²) in [6.07, 6.45) is -0.736. The summed E-state index contributed by atoms with van der Waals surface area (Å²) in [7, 11) is 0. The number of amides is 3. The predicted molar refractivity (Wildman–Crippen MR) is 102 cm³/mol. The second kappa shape index (κ2) is 11.9. The minimum absolute atomic E-state index is 0.0886. The smallest absolute Gasteiger partial charge is 0.407 e. The Labute approximate surface area is 163 Å². The van der Waals surface area contributed by atoms with Gasteiger partial charge < -0.3 is 25.4 Å². The first-order valence-electron chi connectivity index (χ1n) is 8.76. The molecule has 2 aromatic carbocycles. The van der Waals surface area contributed by atoms with Gasteiger partial charge in [-0.05, 0) is 11.1 Å². The SMILES string of the molecule is O=CNC(CNC(=O)OCc1ccccc1)CNC(=O)OCc1ccccc1. The molecule has 28 heavy (non-hydrogen) atoms. The van der Waals surface area contributed by atoms with Crippen LogP contribution in [0.4, 0.5) is 9.59 Å². The number of benzene rings is 2. The zero-order valence-corrected chi connectivity index (χ0v) is 15.3. The van der Waals surface area contributed by atoms with E-state index >= 15 is 0 Å². The highest BCUT2D eigenvalue weighted by molar-refractivity contribution is 5.68. The number of carbonyl (C=O) groups excluding carboxylic acids is 3. The molecule has 0 bridgehead atoms. The van der Waals surface area contributed by atoms with Gasteiger partial charge in [-0.15, -0.1) is 0 Å². The molecule has 0 saturated carbocycles.